The van der Waals surface area contributed by atoms with Gasteiger partial charge in [-0.1, -0.05) is 23.7 Å². The quantitative estimate of drug-likeness (QED) is 0.895. The fraction of sp³-hybridized carbons (Fsp3) is 0.375. The minimum absolute atomic E-state index is 0.140. The summed E-state index contributed by atoms with van der Waals surface area (Å²) in [5.41, 5.74) is 0.771. The molecule has 1 heterocycles. The lowest BCUT2D eigenvalue weighted by atomic mass is 9.72. The Labute approximate surface area is 138 Å². The first-order valence-corrected chi connectivity index (χ1v) is 8.42. The summed E-state index contributed by atoms with van der Waals surface area (Å²) in [6.45, 7) is 1.64. The molecule has 1 amide bonds. The number of rotatable bonds is 4. The van der Waals surface area contributed by atoms with E-state index in [4.69, 9.17) is 11.6 Å². The summed E-state index contributed by atoms with van der Waals surface area (Å²) in [5.74, 6) is -0.140. The maximum atomic E-state index is 12.5. The van der Waals surface area contributed by atoms with Crippen molar-refractivity contribution in [2.45, 2.75) is 37.8 Å². The molecule has 1 fully saturated rings. The van der Waals surface area contributed by atoms with Crippen LogP contribution in [-0.4, -0.2) is 16.0 Å². The summed E-state index contributed by atoms with van der Waals surface area (Å²) >= 11 is 7.17. The fourth-order valence-electron chi connectivity index (χ4n) is 2.65. The first kappa shape index (κ1) is 15.5. The van der Waals surface area contributed by atoms with Crippen molar-refractivity contribution < 1.29 is 9.90 Å². The zero-order valence-corrected chi connectivity index (χ0v) is 13.7. The number of amides is 1. The van der Waals surface area contributed by atoms with Gasteiger partial charge in [0.2, 0.25) is 0 Å². The highest BCUT2D eigenvalue weighted by Crippen LogP contribution is 2.42. The predicted octanol–water partition coefficient (Wildman–Crippen LogP) is 3.66. The first-order chi connectivity index (χ1) is 10.5. The van der Waals surface area contributed by atoms with Crippen LogP contribution in [0.3, 0.4) is 0 Å². The molecule has 1 saturated carbocycles. The lowest BCUT2D eigenvalue weighted by Gasteiger charge is -2.43. The van der Waals surface area contributed by atoms with E-state index in [2.05, 4.69) is 10.3 Å². The van der Waals surface area contributed by atoms with Crippen LogP contribution in [0.5, 0.6) is 0 Å². The Morgan fingerprint density at radius 2 is 2.09 bits per heavy atom. The van der Waals surface area contributed by atoms with Gasteiger partial charge in [0.25, 0.3) is 5.91 Å². The minimum atomic E-state index is -0.652. The summed E-state index contributed by atoms with van der Waals surface area (Å²) in [5, 5.41) is 13.9. The van der Waals surface area contributed by atoms with Crippen LogP contribution in [0.15, 0.2) is 30.5 Å². The van der Waals surface area contributed by atoms with E-state index in [9.17, 15) is 9.90 Å². The van der Waals surface area contributed by atoms with Gasteiger partial charge in [-0.15, -0.1) is 11.3 Å². The molecule has 6 heteroatoms. The van der Waals surface area contributed by atoms with Crippen molar-refractivity contribution in [2.24, 2.45) is 0 Å². The van der Waals surface area contributed by atoms with E-state index in [1.54, 1.807) is 6.92 Å². The molecule has 2 N–H and O–H groups in total. The van der Waals surface area contributed by atoms with Crippen molar-refractivity contribution in [3.8, 4) is 0 Å². The highest BCUT2D eigenvalue weighted by molar-refractivity contribution is 7.13. The maximum Gasteiger partial charge on any atom is 0.263 e. The van der Waals surface area contributed by atoms with E-state index < -0.39 is 6.10 Å². The van der Waals surface area contributed by atoms with Crippen molar-refractivity contribution in [1.29, 1.82) is 0 Å². The van der Waals surface area contributed by atoms with Gasteiger partial charge in [-0.25, -0.2) is 4.98 Å². The smallest absolute Gasteiger partial charge is 0.263 e. The van der Waals surface area contributed by atoms with Gasteiger partial charge in [-0.3, -0.25) is 4.79 Å². The fourth-order valence-corrected chi connectivity index (χ4v) is 3.53. The largest absolute Gasteiger partial charge is 0.386 e. The van der Waals surface area contributed by atoms with E-state index in [-0.39, 0.29) is 11.4 Å². The van der Waals surface area contributed by atoms with E-state index in [1.165, 1.54) is 17.5 Å². The molecule has 2 aromatic rings. The number of nitrogens with one attached hydrogen (secondary N) is 1. The van der Waals surface area contributed by atoms with Crippen LogP contribution < -0.4 is 5.32 Å². The van der Waals surface area contributed by atoms with E-state index in [0.29, 0.717) is 14.9 Å². The van der Waals surface area contributed by atoms with Crippen molar-refractivity contribution in [3.05, 3.63) is 50.9 Å². The predicted molar refractivity (Wildman–Crippen MR) is 87.2 cm³/mol. The topological polar surface area (TPSA) is 62.2 Å². The standard InChI is InChI=1S/C16H17ClN2O2S/c1-10(20)15-18-9-13(22-15)14(21)19-16(7-2-8-16)11-3-5-12(17)6-4-11/h3-6,9-10,20H,2,7-8H2,1H3,(H,19,21)/t10-/m1/s1. The van der Waals surface area contributed by atoms with Gasteiger partial charge in [-0.05, 0) is 43.9 Å². The third-order valence-corrected chi connectivity index (χ3v) is 5.48. The van der Waals surface area contributed by atoms with Gasteiger partial charge in [0.1, 0.15) is 16.0 Å². The summed E-state index contributed by atoms with van der Waals surface area (Å²) < 4.78 is 0. The van der Waals surface area contributed by atoms with Crippen LogP contribution in [0, 0.1) is 0 Å². The molecule has 0 spiro atoms. The molecule has 1 aliphatic carbocycles. The molecule has 1 atom stereocenters. The summed E-state index contributed by atoms with van der Waals surface area (Å²) in [4.78, 5) is 17.1. The van der Waals surface area contributed by atoms with Gasteiger partial charge in [0.15, 0.2) is 0 Å². The normalized spacial score (nSPS) is 17.6. The lowest BCUT2D eigenvalue weighted by Crippen LogP contribution is -2.50. The number of hydrogen-bond donors (Lipinski definition) is 2. The van der Waals surface area contributed by atoms with Crippen molar-refractivity contribution in [1.82, 2.24) is 10.3 Å². The molecule has 1 aromatic carbocycles. The molecule has 0 bridgehead atoms. The monoisotopic (exact) mass is 336 g/mol. The van der Waals surface area contributed by atoms with Crippen molar-refractivity contribution in [3.63, 3.8) is 0 Å². The van der Waals surface area contributed by atoms with Crippen molar-refractivity contribution in [2.75, 3.05) is 0 Å². The Balaban J connectivity index is 1.80. The van der Waals surface area contributed by atoms with E-state index >= 15 is 0 Å². The van der Waals surface area contributed by atoms with Gasteiger partial charge < -0.3 is 10.4 Å². The minimum Gasteiger partial charge on any atom is -0.386 e. The maximum absolute atomic E-state index is 12.5. The van der Waals surface area contributed by atoms with Gasteiger partial charge in [0, 0.05) is 5.02 Å². The molecular formula is C16H17ClN2O2S. The van der Waals surface area contributed by atoms with E-state index in [1.807, 2.05) is 24.3 Å². The molecule has 3 rings (SSSR count). The Kier molecular flexibility index (Phi) is 4.21. The second-order valence-electron chi connectivity index (χ2n) is 5.64. The molecule has 0 unspecified atom stereocenters. The van der Waals surface area contributed by atoms with E-state index in [0.717, 1.165) is 24.8 Å². The number of aromatic nitrogens is 1. The number of hydrogen-bond acceptors (Lipinski definition) is 4. The molecule has 1 aliphatic rings. The second kappa shape index (κ2) is 5.99. The molecule has 0 saturated heterocycles. The number of carbonyl (C=O) groups excluding carboxylic acids is 1. The molecular weight excluding hydrogens is 320 g/mol. The Hall–Kier alpha value is -1.43. The summed E-state index contributed by atoms with van der Waals surface area (Å²) in [7, 11) is 0. The average molecular weight is 337 g/mol. The average Bonchev–Trinajstić information content (AvgIpc) is 2.94. The summed E-state index contributed by atoms with van der Waals surface area (Å²) in [6, 6.07) is 7.63. The van der Waals surface area contributed by atoms with Crippen LogP contribution in [0.2, 0.25) is 5.02 Å². The number of aliphatic hydroxyl groups excluding tert-OH is 1. The number of aliphatic hydroxyl groups is 1. The van der Waals surface area contributed by atoms with Gasteiger partial charge >= 0.3 is 0 Å². The number of carbonyl (C=O) groups is 1. The van der Waals surface area contributed by atoms with Crippen LogP contribution in [0.1, 0.15) is 52.5 Å². The summed E-state index contributed by atoms with van der Waals surface area (Å²) in [6.07, 6.45) is 3.80. The Morgan fingerprint density at radius 1 is 1.41 bits per heavy atom. The molecule has 0 radical (unpaired) electrons. The zero-order valence-electron chi connectivity index (χ0n) is 12.2. The Morgan fingerprint density at radius 3 is 2.59 bits per heavy atom. The Bertz CT molecular complexity index is 678. The highest BCUT2D eigenvalue weighted by Gasteiger charge is 2.40. The van der Waals surface area contributed by atoms with Crippen LogP contribution in [0.4, 0.5) is 0 Å². The number of thiazole rings is 1. The van der Waals surface area contributed by atoms with Crippen LogP contribution in [-0.2, 0) is 5.54 Å². The SMILES string of the molecule is C[C@@H](O)c1ncc(C(=O)NC2(c3ccc(Cl)cc3)CCC2)s1. The molecule has 4 nitrogen and oxygen atoms in total. The zero-order chi connectivity index (χ0) is 15.7. The molecule has 0 aliphatic heterocycles. The van der Waals surface area contributed by atoms with Gasteiger partial charge in [0.05, 0.1) is 11.7 Å². The molecule has 1 aromatic heterocycles. The lowest BCUT2D eigenvalue weighted by molar-refractivity contribution is 0.0827. The molecule has 116 valence electrons. The first-order valence-electron chi connectivity index (χ1n) is 7.22. The third-order valence-electron chi connectivity index (χ3n) is 4.06. The van der Waals surface area contributed by atoms with Crippen LogP contribution >= 0.6 is 22.9 Å². The number of halogens is 1. The second-order valence-corrected chi connectivity index (χ2v) is 7.13. The van der Waals surface area contributed by atoms with Gasteiger partial charge in [-0.2, -0.15) is 0 Å². The number of nitrogens with zero attached hydrogens (tertiary/aromatic N) is 1. The molecule has 22 heavy (non-hydrogen) atoms. The van der Waals surface area contributed by atoms with Crippen LogP contribution in [0.25, 0.3) is 0 Å². The number of benzene rings is 1. The third kappa shape index (κ3) is 2.89. The highest BCUT2D eigenvalue weighted by atomic mass is 35.5. The van der Waals surface area contributed by atoms with Crippen molar-refractivity contribution >= 4 is 28.8 Å².